The van der Waals surface area contributed by atoms with Crippen molar-refractivity contribution in [1.82, 2.24) is 15.0 Å². The van der Waals surface area contributed by atoms with Crippen LogP contribution in [0.3, 0.4) is 0 Å². The summed E-state index contributed by atoms with van der Waals surface area (Å²) in [4.78, 5) is 12.2. The monoisotopic (exact) mass is 309 g/mol. The quantitative estimate of drug-likeness (QED) is 0.813. The Bertz CT molecular complexity index is 544. The summed E-state index contributed by atoms with van der Waals surface area (Å²) in [7, 11) is 1.68. The summed E-state index contributed by atoms with van der Waals surface area (Å²) in [6.45, 7) is 2.52. The zero-order valence-electron chi connectivity index (χ0n) is 10.1. The van der Waals surface area contributed by atoms with Gasteiger partial charge in [0.05, 0.1) is 6.61 Å². The predicted octanol–water partition coefficient (Wildman–Crippen LogP) is 2.21. The Balaban J connectivity index is 2.29. The Kier molecular flexibility index (Phi) is 3.76. The molecule has 0 aliphatic rings. The van der Waals surface area contributed by atoms with Gasteiger partial charge in [0.25, 0.3) is 0 Å². The molecule has 0 spiro atoms. The fourth-order valence-corrected chi connectivity index (χ4v) is 2.09. The van der Waals surface area contributed by atoms with Crippen molar-refractivity contribution in [2.24, 2.45) is 7.05 Å². The van der Waals surface area contributed by atoms with Gasteiger partial charge in [0.1, 0.15) is 11.4 Å². The fourth-order valence-electron chi connectivity index (χ4n) is 1.58. The van der Waals surface area contributed by atoms with E-state index in [9.17, 15) is 4.79 Å². The van der Waals surface area contributed by atoms with Crippen LogP contribution in [0.1, 0.15) is 23.0 Å². The molecule has 0 saturated heterocycles. The lowest BCUT2D eigenvalue weighted by Crippen LogP contribution is -2.08. The van der Waals surface area contributed by atoms with Crippen molar-refractivity contribution in [2.45, 2.75) is 6.92 Å². The Hall–Kier alpha value is -1.69. The molecule has 0 N–H and O–H groups in total. The number of aryl methyl sites for hydroxylation is 1. The molecule has 5 nitrogen and oxygen atoms in total. The molecule has 0 aliphatic carbocycles. The van der Waals surface area contributed by atoms with Crippen LogP contribution >= 0.6 is 15.9 Å². The van der Waals surface area contributed by atoms with E-state index in [1.807, 2.05) is 6.92 Å². The van der Waals surface area contributed by atoms with Gasteiger partial charge in [-0.3, -0.25) is 4.79 Å². The highest BCUT2D eigenvalue weighted by Gasteiger charge is 2.18. The average molecular weight is 310 g/mol. The van der Waals surface area contributed by atoms with Crippen molar-refractivity contribution < 1.29 is 9.53 Å². The topological polar surface area (TPSA) is 57.0 Å². The Morgan fingerprint density at radius 3 is 2.56 bits per heavy atom. The second-order valence-electron chi connectivity index (χ2n) is 3.64. The number of carbonyl (C=O) groups excluding carboxylic acids is 1. The number of rotatable bonds is 4. The molecule has 0 fully saturated rings. The third kappa shape index (κ3) is 2.43. The van der Waals surface area contributed by atoms with Gasteiger partial charge >= 0.3 is 0 Å². The minimum absolute atomic E-state index is 0.127. The Morgan fingerprint density at radius 1 is 1.39 bits per heavy atom. The highest BCUT2D eigenvalue weighted by atomic mass is 79.9. The van der Waals surface area contributed by atoms with Crippen molar-refractivity contribution in [3.8, 4) is 5.75 Å². The third-order valence-electron chi connectivity index (χ3n) is 2.43. The lowest BCUT2D eigenvalue weighted by Gasteiger charge is -2.04. The van der Waals surface area contributed by atoms with Gasteiger partial charge < -0.3 is 4.74 Å². The summed E-state index contributed by atoms with van der Waals surface area (Å²) in [5.74, 6) is 0.619. The SMILES string of the molecule is CCOc1ccc(C(=O)c2c(Br)nnn2C)cc1. The summed E-state index contributed by atoms with van der Waals surface area (Å²) < 4.78 is 7.22. The molecular weight excluding hydrogens is 298 g/mol. The lowest BCUT2D eigenvalue weighted by molar-refractivity contribution is 0.102. The molecule has 2 aromatic rings. The fraction of sp³-hybridized carbons (Fsp3) is 0.250. The maximum Gasteiger partial charge on any atom is 0.213 e. The number of benzene rings is 1. The van der Waals surface area contributed by atoms with E-state index in [2.05, 4.69) is 26.2 Å². The molecule has 0 amide bonds. The first-order valence-electron chi connectivity index (χ1n) is 5.46. The largest absolute Gasteiger partial charge is 0.494 e. The maximum absolute atomic E-state index is 12.2. The maximum atomic E-state index is 12.2. The zero-order valence-corrected chi connectivity index (χ0v) is 11.6. The molecule has 0 saturated carbocycles. The van der Waals surface area contributed by atoms with Crippen LogP contribution in [0.2, 0.25) is 0 Å². The van der Waals surface area contributed by atoms with Gasteiger partial charge in [-0.2, -0.15) is 0 Å². The molecule has 0 radical (unpaired) electrons. The number of aromatic nitrogens is 3. The van der Waals surface area contributed by atoms with Crippen LogP contribution < -0.4 is 4.74 Å². The standard InChI is InChI=1S/C12H12BrN3O2/c1-3-18-9-6-4-8(5-7-9)11(17)10-12(13)14-15-16(10)2/h4-7H,3H2,1-2H3. The molecule has 0 atom stereocenters. The highest BCUT2D eigenvalue weighted by molar-refractivity contribution is 9.10. The van der Waals surface area contributed by atoms with E-state index in [0.29, 0.717) is 22.5 Å². The first-order valence-corrected chi connectivity index (χ1v) is 6.25. The first-order chi connectivity index (χ1) is 8.63. The second kappa shape index (κ2) is 5.30. The molecule has 1 aromatic heterocycles. The van der Waals surface area contributed by atoms with E-state index in [1.165, 1.54) is 4.68 Å². The number of halogens is 1. The highest BCUT2D eigenvalue weighted by Crippen LogP contribution is 2.19. The van der Waals surface area contributed by atoms with Crippen molar-refractivity contribution >= 4 is 21.7 Å². The van der Waals surface area contributed by atoms with Gasteiger partial charge in [0.15, 0.2) is 4.60 Å². The normalized spacial score (nSPS) is 10.4. The summed E-state index contributed by atoms with van der Waals surface area (Å²) in [6.07, 6.45) is 0. The van der Waals surface area contributed by atoms with Gasteiger partial charge in [-0.05, 0) is 47.1 Å². The van der Waals surface area contributed by atoms with Gasteiger partial charge in [0.2, 0.25) is 5.78 Å². The zero-order chi connectivity index (χ0) is 13.1. The van der Waals surface area contributed by atoms with Crippen molar-refractivity contribution in [2.75, 3.05) is 6.61 Å². The van der Waals surface area contributed by atoms with Crippen LogP contribution in [0.5, 0.6) is 5.75 Å². The van der Waals surface area contributed by atoms with Gasteiger partial charge in [-0.1, -0.05) is 5.21 Å². The molecule has 6 heteroatoms. The number of ether oxygens (including phenoxy) is 1. The molecule has 0 bridgehead atoms. The molecule has 0 unspecified atom stereocenters. The van der Waals surface area contributed by atoms with Crippen molar-refractivity contribution in [3.05, 3.63) is 40.1 Å². The van der Waals surface area contributed by atoms with E-state index < -0.39 is 0 Å². The molecular formula is C12H12BrN3O2. The molecule has 1 heterocycles. The van der Waals surface area contributed by atoms with Crippen LogP contribution in [0, 0.1) is 0 Å². The number of carbonyl (C=O) groups is 1. The summed E-state index contributed by atoms with van der Waals surface area (Å²) in [5.41, 5.74) is 1.00. The van der Waals surface area contributed by atoms with Crippen LogP contribution in [0.25, 0.3) is 0 Å². The summed E-state index contributed by atoms with van der Waals surface area (Å²) in [5, 5.41) is 7.58. The summed E-state index contributed by atoms with van der Waals surface area (Å²) in [6, 6.07) is 7.00. The number of nitrogens with zero attached hydrogens (tertiary/aromatic N) is 3. The smallest absolute Gasteiger partial charge is 0.213 e. The molecule has 2 rings (SSSR count). The van der Waals surface area contributed by atoms with E-state index in [4.69, 9.17) is 4.74 Å². The van der Waals surface area contributed by atoms with Crippen LogP contribution in [0.15, 0.2) is 28.9 Å². The third-order valence-corrected chi connectivity index (χ3v) is 2.96. The Labute approximate surface area is 113 Å². The van der Waals surface area contributed by atoms with Crippen molar-refractivity contribution in [1.29, 1.82) is 0 Å². The molecule has 94 valence electrons. The summed E-state index contributed by atoms with van der Waals surface area (Å²) >= 11 is 3.21. The van der Waals surface area contributed by atoms with Crippen LogP contribution in [-0.2, 0) is 7.05 Å². The van der Waals surface area contributed by atoms with Gasteiger partial charge in [-0.25, -0.2) is 4.68 Å². The number of hydrogen-bond acceptors (Lipinski definition) is 4. The van der Waals surface area contributed by atoms with Crippen LogP contribution in [0.4, 0.5) is 0 Å². The minimum Gasteiger partial charge on any atom is -0.494 e. The van der Waals surface area contributed by atoms with E-state index in [0.717, 1.165) is 5.75 Å². The first kappa shape index (κ1) is 12.8. The average Bonchev–Trinajstić information content (AvgIpc) is 2.70. The molecule has 18 heavy (non-hydrogen) atoms. The minimum atomic E-state index is -0.127. The Morgan fingerprint density at radius 2 is 2.06 bits per heavy atom. The molecule has 1 aromatic carbocycles. The number of ketones is 1. The number of hydrogen-bond donors (Lipinski definition) is 0. The van der Waals surface area contributed by atoms with E-state index in [1.54, 1.807) is 31.3 Å². The second-order valence-corrected chi connectivity index (χ2v) is 4.39. The van der Waals surface area contributed by atoms with E-state index >= 15 is 0 Å². The predicted molar refractivity (Wildman–Crippen MR) is 69.7 cm³/mol. The van der Waals surface area contributed by atoms with Gasteiger partial charge in [0, 0.05) is 12.6 Å². The van der Waals surface area contributed by atoms with E-state index in [-0.39, 0.29) is 5.78 Å². The van der Waals surface area contributed by atoms with Crippen molar-refractivity contribution in [3.63, 3.8) is 0 Å². The molecule has 0 aliphatic heterocycles. The van der Waals surface area contributed by atoms with Crippen LogP contribution in [-0.4, -0.2) is 27.4 Å². The lowest BCUT2D eigenvalue weighted by atomic mass is 10.1. The van der Waals surface area contributed by atoms with Gasteiger partial charge in [-0.15, -0.1) is 5.10 Å².